The average Bonchev–Trinajstić information content (AvgIpc) is 2.35. The largest absolute Gasteiger partial charge is 0.299 e. The van der Waals surface area contributed by atoms with Gasteiger partial charge in [-0.1, -0.05) is 37.8 Å². The van der Waals surface area contributed by atoms with E-state index in [0.29, 0.717) is 23.5 Å². The molecule has 4 atom stereocenters. The second-order valence-corrected chi connectivity index (χ2v) is 6.25. The Morgan fingerprint density at radius 1 is 0.824 bits per heavy atom. The Hall–Kier alpha value is -0.590. The van der Waals surface area contributed by atoms with Gasteiger partial charge in [0.1, 0.15) is 5.78 Å². The topological polar surface area (TPSA) is 17.1 Å². The predicted octanol–water partition coefficient (Wildman–Crippen LogP) is 4.13. The van der Waals surface area contributed by atoms with E-state index in [-0.39, 0.29) is 0 Å². The lowest BCUT2D eigenvalue weighted by Crippen LogP contribution is -2.39. The van der Waals surface area contributed by atoms with Crippen LogP contribution in [0.5, 0.6) is 0 Å². The number of carbonyl (C=O) groups is 1. The third-order valence-electron chi connectivity index (χ3n) is 5.24. The van der Waals surface area contributed by atoms with E-state index in [2.05, 4.69) is 12.2 Å². The molecular formula is C16H24O. The van der Waals surface area contributed by atoms with Gasteiger partial charge in [0.15, 0.2) is 0 Å². The molecule has 0 N–H and O–H groups in total. The molecule has 0 radical (unpaired) electrons. The van der Waals surface area contributed by atoms with Gasteiger partial charge in [-0.3, -0.25) is 4.79 Å². The van der Waals surface area contributed by atoms with Crippen molar-refractivity contribution in [3.63, 3.8) is 0 Å². The van der Waals surface area contributed by atoms with Crippen LogP contribution in [-0.4, -0.2) is 5.78 Å². The van der Waals surface area contributed by atoms with E-state index < -0.39 is 0 Å². The van der Waals surface area contributed by atoms with E-state index in [1.165, 1.54) is 44.9 Å². The molecule has 0 heterocycles. The monoisotopic (exact) mass is 232 g/mol. The Kier molecular flexibility index (Phi) is 3.35. The molecule has 0 aliphatic heterocycles. The first kappa shape index (κ1) is 11.5. The van der Waals surface area contributed by atoms with Gasteiger partial charge in [-0.05, 0) is 43.4 Å². The zero-order chi connectivity index (χ0) is 11.7. The minimum atomic E-state index is 0.394. The lowest BCUT2D eigenvalue weighted by atomic mass is 9.61. The molecule has 3 rings (SSSR count). The van der Waals surface area contributed by atoms with Crippen molar-refractivity contribution in [3.05, 3.63) is 12.2 Å². The Bertz CT molecular complexity index is 317. The molecule has 0 amide bonds. The molecule has 1 nitrogen and oxygen atoms in total. The number of rotatable bonds is 0. The fraction of sp³-hybridized carbons (Fsp3) is 0.812. The average molecular weight is 232 g/mol. The molecule has 0 bridgehead atoms. The highest BCUT2D eigenvalue weighted by molar-refractivity contribution is 5.82. The fourth-order valence-corrected chi connectivity index (χ4v) is 4.37. The van der Waals surface area contributed by atoms with Crippen molar-refractivity contribution in [1.29, 1.82) is 0 Å². The Morgan fingerprint density at radius 2 is 1.53 bits per heavy atom. The maximum Gasteiger partial charge on any atom is 0.136 e. The second-order valence-electron chi connectivity index (χ2n) is 6.25. The number of carbonyl (C=O) groups excluding carboxylic acids is 1. The van der Waals surface area contributed by atoms with E-state index in [4.69, 9.17) is 0 Å². The van der Waals surface area contributed by atoms with Crippen LogP contribution >= 0.6 is 0 Å². The predicted molar refractivity (Wildman–Crippen MR) is 69.7 cm³/mol. The molecule has 0 spiro atoms. The standard InChI is InChI=1S/C16H24O/c17-15-9-3-1-2-7-13-11-10-12-6-4-5-8-14(12)16(13)15/h10-14,16H,1-9H2/t12-,13+,14+,16+/m1/s1. The lowest BCUT2D eigenvalue weighted by molar-refractivity contribution is -0.128. The van der Waals surface area contributed by atoms with Crippen LogP contribution in [0.25, 0.3) is 0 Å². The molecule has 1 heteroatoms. The first-order chi connectivity index (χ1) is 8.36. The van der Waals surface area contributed by atoms with Gasteiger partial charge in [-0.15, -0.1) is 0 Å². The van der Waals surface area contributed by atoms with Crippen molar-refractivity contribution >= 4 is 5.78 Å². The summed E-state index contributed by atoms with van der Waals surface area (Å²) in [5.41, 5.74) is 0. The van der Waals surface area contributed by atoms with Gasteiger partial charge in [-0.2, -0.15) is 0 Å². The summed E-state index contributed by atoms with van der Waals surface area (Å²) in [6.45, 7) is 0. The highest BCUT2D eigenvalue weighted by Crippen LogP contribution is 2.45. The van der Waals surface area contributed by atoms with Crippen molar-refractivity contribution in [2.75, 3.05) is 0 Å². The molecule has 2 saturated carbocycles. The second kappa shape index (κ2) is 4.96. The summed E-state index contributed by atoms with van der Waals surface area (Å²) in [6.07, 6.45) is 16.1. The van der Waals surface area contributed by atoms with Crippen LogP contribution < -0.4 is 0 Å². The first-order valence-electron chi connectivity index (χ1n) is 7.57. The van der Waals surface area contributed by atoms with Crippen LogP contribution in [0.15, 0.2) is 12.2 Å². The minimum Gasteiger partial charge on any atom is -0.299 e. The van der Waals surface area contributed by atoms with E-state index in [1.54, 1.807) is 0 Å². The van der Waals surface area contributed by atoms with Crippen molar-refractivity contribution < 1.29 is 4.79 Å². The van der Waals surface area contributed by atoms with Crippen LogP contribution in [-0.2, 0) is 4.79 Å². The van der Waals surface area contributed by atoms with Crippen LogP contribution in [0.1, 0.15) is 57.8 Å². The van der Waals surface area contributed by atoms with Crippen molar-refractivity contribution in [2.24, 2.45) is 23.7 Å². The van der Waals surface area contributed by atoms with Crippen molar-refractivity contribution in [2.45, 2.75) is 57.8 Å². The van der Waals surface area contributed by atoms with E-state index in [9.17, 15) is 4.79 Å². The first-order valence-corrected chi connectivity index (χ1v) is 7.57. The van der Waals surface area contributed by atoms with Crippen LogP contribution in [0, 0.1) is 23.7 Å². The highest BCUT2D eigenvalue weighted by atomic mass is 16.1. The van der Waals surface area contributed by atoms with E-state index >= 15 is 0 Å². The van der Waals surface area contributed by atoms with Crippen LogP contribution in [0.4, 0.5) is 0 Å². The third kappa shape index (κ3) is 2.21. The molecule has 0 saturated heterocycles. The fourth-order valence-electron chi connectivity index (χ4n) is 4.37. The number of allylic oxidation sites excluding steroid dienone is 2. The van der Waals surface area contributed by atoms with Gasteiger partial charge in [0.2, 0.25) is 0 Å². The van der Waals surface area contributed by atoms with Gasteiger partial charge >= 0.3 is 0 Å². The Labute approximate surface area is 105 Å². The summed E-state index contributed by atoms with van der Waals surface area (Å²) in [5, 5.41) is 0. The normalized spacial score (nSPS) is 42.2. The third-order valence-corrected chi connectivity index (χ3v) is 5.24. The molecule has 94 valence electrons. The van der Waals surface area contributed by atoms with Gasteiger partial charge in [0.05, 0.1) is 0 Å². The SMILES string of the molecule is O=C1CCCCC[C@H]2C=C[C@H]3CCCC[C@@H]3[C@@H]12. The molecule has 0 aromatic heterocycles. The van der Waals surface area contributed by atoms with Crippen molar-refractivity contribution in [1.82, 2.24) is 0 Å². The summed E-state index contributed by atoms with van der Waals surface area (Å²) in [4.78, 5) is 12.4. The van der Waals surface area contributed by atoms with E-state index in [1.807, 2.05) is 0 Å². The van der Waals surface area contributed by atoms with E-state index in [0.717, 1.165) is 18.8 Å². The number of ketones is 1. The summed E-state index contributed by atoms with van der Waals surface area (Å²) < 4.78 is 0. The molecule has 0 aromatic rings. The summed E-state index contributed by atoms with van der Waals surface area (Å²) in [5.74, 6) is 3.00. The highest BCUT2D eigenvalue weighted by Gasteiger charge is 2.41. The summed E-state index contributed by atoms with van der Waals surface area (Å²) in [6, 6.07) is 0. The zero-order valence-corrected chi connectivity index (χ0v) is 10.7. The number of hydrogen-bond donors (Lipinski definition) is 0. The maximum atomic E-state index is 12.4. The van der Waals surface area contributed by atoms with Gasteiger partial charge in [0.25, 0.3) is 0 Å². The number of hydrogen-bond acceptors (Lipinski definition) is 1. The Morgan fingerprint density at radius 3 is 2.47 bits per heavy atom. The lowest BCUT2D eigenvalue weighted by Gasteiger charge is -2.42. The van der Waals surface area contributed by atoms with Crippen LogP contribution in [0.3, 0.4) is 0 Å². The molecule has 0 aromatic carbocycles. The zero-order valence-electron chi connectivity index (χ0n) is 10.7. The van der Waals surface area contributed by atoms with Crippen LogP contribution in [0.2, 0.25) is 0 Å². The molecule has 3 aliphatic rings. The van der Waals surface area contributed by atoms with Gasteiger partial charge in [0, 0.05) is 12.3 Å². The molecule has 3 aliphatic carbocycles. The molecule has 2 fully saturated rings. The van der Waals surface area contributed by atoms with Gasteiger partial charge < -0.3 is 0 Å². The molecular weight excluding hydrogens is 208 g/mol. The smallest absolute Gasteiger partial charge is 0.136 e. The summed E-state index contributed by atoms with van der Waals surface area (Å²) >= 11 is 0. The van der Waals surface area contributed by atoms with Gasteiger partial charge in [-0.25, -0.2) is 0 Å². The molecule has 0 unspecified atom stereocenters. The molecule has 17 heavy (non-hydrogen) atoms. The maximum absolute atomic E-state index is 12.4. The van der Waals surface area contributed by atoms with Crippen molar-refractivity contribution in [3.8, 4) is 0 Å². The number of Topliss-reactive ketones (excluding diaryl/α,β-unsaturated/α-hetero) is 1. The number of fused-ring (bicyclic) bond motifs is 3. The minimum absolute atomic E-state index is 0.394. The quantitative estimate of drug-likeness (QED) is 0.574. The Balaban J connectivity index is 1.85. The summed E-state index contributed by atoms with van der Waals surface area (Å²) in [7, 11) is 0.